The maximum atomic E-state index is 12.9. The number of amides is 1. The third kappa shape index (κ3) is 3.63. The molecular formula is C16H20ClF3N2O. The topological polar surface area (TPSA) is 32.3 Å². The third-order valence-electron chi connectivity index (χ3n) is 4.53. The van der Waals surface area contributed by atoms with Crippen LogP contribution in [0.5, 0.6) is 0 Å². The molecule has 3 nitrogen and oxygen atoms in total. The molecule has 128 valence electrons. The van der Waals surface area contributed by atoms with Gasteiger partial charge in [-0.05, 0) is 37.4 Å². The van der Waals surface area contributed by atoms with Crippen molar-refractivity contribution >= 4 is 18.3 Å². The van der Waals surface area contributed by atoms with E-state index in [1.54, 1.807) is 11.0 Å². The Balaban J connectivity index is 0.00000192. The summed E-state index contributed by atoms with van der Waals surface area (Å²) in [6.07, 6.45) is -2.22. The van der Waals surface area contributed by atoms with Crippen LogP contribution in [0.1, 0.15) is 30.4 Å². The fourth-order valence-corrected chi connectivity index (χ4v) is 3.10. The van der Waals surface area contributed by atoms with E-state index < -0.39 is 17.2 Å². The molecule has 1 heterocycles. The van der Waals surface area contributed by atoms with E-state index in [0.29, 0.717) is 31.5 Å². The first kappa shape index (κ1) is 18.1. The van der Waals surface area contributed by atoms with Gasteiger partial charge >= 0.3 is 6.18 Å². The zero-order valence-electron chi connectivity index (χ0n) is 12.7. The summed E-state index contributed by atoms with van der Waals surface area (Å²) in [5.74, 6) is -0.0180. The second-order valence-corrected chi connectivity index (χ2v) is 6.06. The molecule has 1 aromatic rings. The number of nitrogens with zero attached hydrogens (tertiary/aromatic N) is 1. The molecule has 23 heavy (non-hydrogen) atoms. The zero-order chi connectivity index (χ0) is 15.8. The molecule has 2 aliphatic rings. The lowest BCUT2D eigenvalue weighted by atomic mass is 9.92. The molecule has 3 rings (SSSR count). The summed E-state index contributed by atoms with van der Waals surface area (Å²) < 4.78 is 38.6. The number of benzene rings is 1. The summed E-state index contributed by atoms with van der Waals surface area (Å²) in [5.41, 5.74) is -0.905. The molecule has 0 aromatic heterocycles. The Morgan fingerprint density at radius 2 is 1.91 bits per heavy atom. The molecule has 1 amide bonds. The molecule has 0 radical (unpaired) electrons. The van der Waals surface area contributed by atoms with Gasteiger partial charge in [0.05, 0.1) is 11.0 Å². The highest BCUT2D eigenvalue weighted by Crippen LogP contribution is 2.50. The first-order valence-corrected chi connectivity index (χ1v) is 7.61. The van der Waals surface area contributed by atoms with E-state index in [-0.39, 0.29) is 18.3 Å². The highest BCUT2D eigenvalue weighted by Gasteiger charge is 2.53. The van der Waals surface area contributed by atoms with Crippen LogP contribution in [0.15, 0.2) is 24.3 Å². The average Bonchev–Trinajstić information content (AvgIpc) is 3.31. The van der Waals surface area contributed by atoms with Gasteiger partial charge in [-0.2, -0.15) is 13.2 Å². The first-order chi connectivity index (χ1) is 10.4. The van der Waals surface area contributed by atoms with Crippen molar-refractivity contribution in [3.05, 3.63) is 35.4 Å². The molecule has 0 atom stereocenters. The molecule has 1 aliphatic carbocycles. The summed E-state index contributed by atoms with van der Waals surface area (Å²) in [5, 5.41) is 3.23. The Morgan fingerprint density at radius 3 is 2.57 bits per heavy atom. The van der Waals surface area contributed by atoms with E-state index in [0.717, 1.165) is 31.6 Å². The number of carbonyl (C=O) groups excluding carboxylic acids is 1. The van der Waals surface area contributed by atoms with Crippen LogP contribution < -0.4 is 5.32 Å². The van der Waals surface area contributed by atoms with E-state index >= 15 is 0 Å². The number of nitrogens with one attached hydrogen (secondary N) is 1. The van der Waals surface area contributed by atoms with Gasteiger partial charge in [0, 0.05) is 19.6 Å². The number of alkyl halides is 3. The van der Waals surface area contributed by atoms with Crippen LogP contribution in [0.4, 0.5) is 13.2 Å². The highest BCUT2D eigenvalue weighted by atomic mass is 35.5. The number of carbonyl (C=O) groups is 1. The monoisotopic (exact) mass is 348 g/mol. The minimum atomic E-state index is -4.37. The minimum absolute atomic E-state index is 0. The summed E-state index contributed by atoms with van der Waals surface area (Å²) >= 11 is 0. The molecule has 0 unspecified atom stereocenters. The molecule has 1 saturated heterocycles. The van der Waals surface area contributed by atoms with Crippen LogP contribution in [-0.2, 0) is 16.4 Å². The third-order valence-corrected chi connectivity index (χ3v) is 4.53. The maximum Gasteiger partial charge on any atom is 0.416 e. The molecule has 1 aromatic carbocycles. The Bertz CT molecular complexity index is 565. The van der Waals surface area contributed by atoms with Gasteiger partial charge < -0.3 is 10.2 Å². The van der Waals surface area contributed by atoms with Crippen LogP contribution in [0, 0.1) is 0 Å². The lowest BCUT2D eigenvalue weighted by molar-refractivity contribution is -0.138. The number of hydrogen-bond donors (Lipinski definition) is 1. The molecular weight excluding hydrogens is 329 g/mol. The smallest absolute Gasteiger partial charge is 0.341 e. The normalized spacial score (nSPS) is 20.4. The van der Waals surface area contributed by atoms with Crippen LogP contribution >= 0.6 is 12.4 Å². The van der Waals surface area contributed by atoms with Crippen molar-refractivity contribution in [3.8, 4) is 0 Å². The summed E-state index contributed by atoms with van der Waals surface area (Å²) in [6, 6.07) is 5.24. The van der Waals surface area contributed by atoms with Gasteiger partial charge in [0.2, 0.25) is 5.91 Å². The van der Waals surface area contributed by atoms with Gasteiger partial charge in [-0.1, -0.05) is 18.2 Å². The van der Waals surface area contributed by atoms with E-state index in [2.05, 4.69) is 5.32 Å². The van der Waals surface area contributed by atoms with Crippen LogP contribution in [0.2, 0.25) is 0 Å². The van der Waals surface area contributed by atoms with Gasteiger partial charge in [0.25, 0.3) is 0 Å². The molecule has 1 saturated carbocycles. The quantitative estimate of drug-likeness (QED) is 0.891. The van der Waals surface area contributed by atoms with Crippen molar-refractivity contribution in [2.45, 2.75) is 30.9 Å². The highest BCUT2D eigenvalue weighted by molar-refractivity contribution is 5.91. The Hall–Kier alpha value is -1.27. The van der Waals surface area contributed by atoms with Crippen molar-refractivity contribution in [2.75, 3.05) is 26.2 Å². The summed E-state index contributed by atoms with van der Waals surface area (Å²) in [7, 11) is 0. The van der Waals surface area contributed by atoms with Gasteiger partial charge in [-0.25, -0.2) is 0 Å². The molecule has 7 heteroatoms. The summed E-state index contributed by atoms with van der Waals surface area (Å²) in [6.45, 7) is 2.91. The standard InChI is InChI=1S/C16H19F3N2O.ClH/c17-16(18,19)13-4-1-3-12(11-13)15(5-6-15)14(22)21-9-2-7-20-8-10-21;/h1,3-4,11,20H,2,5-10H2;1H. The van der Waals surface area contributed by atoms with Crippen molar-refractivity contribution in [3.63, 3.8) is 0 Å². The molecule has 1 N–H and O–H groups in total. The minimum Gasteiger partial charge on any atom is -0.341 e. The average molecular weight is 349 g/mol. The van der Waals surface area contributed by atoms with Crippen molar-refractivity contribution in [1.82, 2.24) is 10.2 Å². The lowest BCUT2D eigenvalue weighted by Crippen LogP contribution is -2.41. The first-order valence-electron chi connectivity index (χ1n) is 7.61. The SMILES string of the molecule is Cl.O=C(N1CCCNCC1)C1(c2cccc(C(F)(F)F)c2)CC1. The van der Waals surface area contributed by atoms with Crippen LogP contribution in [-0.4, -0.2) is 37.0 Å². The van der Waals surface area contributed by atoms with E-state index in [1.807, 2.05) is 0 Å². The predicted octanol–water partition coefficient (Wildman–Crippen LogP) is 2.98. The van der Waals surface area contributed by atoms with Gasteiger partial charge in [-0.3, -0.25) is 4.79 Å². The predicted molar refractivity (Wildman–Crippen MR) is 83.7 cm³/mol. The Morgan fingerprint density at radius 1 is 1.17 bits per heavy atom. The number of halogens is 4. The maximum absolute atomic E-state index is 12.9. The van der Waals surface area contributed by atoms with Crippen molar-refractivity contribution in [1.29, 1.82) is 0 Å². The van der Waals surface area contributed by atoms with E-state index in [4.69, 9.17) is 0 Å². The number of hydrogen-bond acceptors (Lipinski definition) is 2. The second-order valence-electron chi connectivity index (χ2n) is 6.06. The molecule has 0 spiro atoms. The van der Waals surface area contributed by atoms with Crippen LogP contribution in [0.3, 0.4) is 0 Å². The Kier molecular flexibility index (Phi) is 5.26. The van der Waals surface area contributed by atoms with Crippen molar-refractivity contribution in [2.24, 2.45) is 0 Å². The van der Waals surface area contributed by atoms with Gasteiger partial charge in [0.1, 0.15) is 0 Å². The fraction of sp³-hybridized carbons (Fsp3) is 0.562. The number of rotatable bonds is 2. The zero-order valence-corrected chi connectivity index (χ0v) is 13.5. The van der Waals surface area contributed by atoms with Gasteiger partial charge in [-0.15, -0.1) is 12.4 Å². The lowest BCUT2D eigenvalue weighted by Gasteiger charge is -2.26. The molecule has 2 fully saturated rings. The van der Waals surface area contributed by atoms with Crippen LogP contribution in [0.25, 0.3) is 0 Å². The van der Waals surface area contributed by atoms with Gasteiger partial charge in [0.15, 0.2) is 0 Å². The molecule has 0 bridgehead atoms. The molecule has 1 aliphatic heterocycles. The van der Waals surface area contributed by atoms with E-state index in [1.165, 1.54) is 6.07 Å². The fourth-order valence-electron chi connectivity index (χ4n) is 3.10. The summed E-state index contributed by atoms with van der Waals surface area (Å²) in [4.78, 5) is 14.6. The van der Waals surface area contributed by atoms with E-state index in [9.17, 15) is 18.0 Å². The van der Waals surface area contributed by atoms with Crippen molar-refractivity contribution < 1.29 is 18.0 Å². The largest absolute Gasteiger partial charge is 0.416 e. The second kappa shape index (κ2) is 6.69. The Labute approximate surface area is 139 Å².